The molecule has 0 saturated carbocycles. The van der Waals surface area contributed by atoms with Crippen molar-refractivity contribution in [1.82, 2.24) is 0 Å². The summed E-state index contributed by atoms with van der Waals surface area (Å²) >= 11 is 6.04. The van der Waals surface area contributed by atoms with Crippen LogP contribution in [-0.4, -0.2) is 0 Å². The first-order chi connectivity index (χ1) is 11.5. The minimum Gasteiger partial charge on any atom is -0.459 e. The van der Waals surface area contributed by atoms with Gasteiger partial charge in [-0.1, -0.05) is 55.8 Å². The third kappa shape index (κ3) is 3.23. The van der Waals surface area contributed by atoms with Gasteiger partial charge in [-0.25, -0.2) is 0 Å². The zero-order valence-corrected chi connectivity index (χ0v) is 14.5. The molecule has 24 heavy (non-hydrogen) atoms. The van der Waals surface area contributed by atoms with Crippen LogP contribution in [0.3, 0.4) is 0 Å². The van der Waals surface area contributed by atoms with Gasteiger partial charge in [0.1, 0.15) is 11.3 Å². The van der Waals surface area contributed by atoms with Crippen molar-refractivity contribution >= 4 is 22.6 Å². The lowest BCUT2D eigenvalue weighted by molar-refractivity contribution is 0.406. The molecule has 0 aliphatic carbocycles. The maximum absolute atomic E-state index is 13.0. The Balaban J connectivity index is 2.24. The average molecular weight is 342 g/mol. The van der Waals surface area contributed by atoms with E-state index in [4.69, 9.17) is 21.8 Å². The van der Waals surface area contributed by atoms with Gasteiger partial charge < -0.3 is 10.2 Å². The molecule has 2 aromatic carbocycles. The Bertz CT molecular complexity index is 916. The van der Waals surface area contributed by atoms with Gasteiger partial charge >= 0.3 is 0 Å². The van der Waals surface area contributed by atoms with Crippen LogP contribution in [-0.2, 0) is 6.42 Å². The summed E-state index contributed by atoms with van der Waals surface area (Å²) in [7, 11) is 0. The fourth-order valence-corrected chi connectivity index (χ4v) is 2.92. The lowest BCUT2D eigenvalue weighted by Gasteiger charge is -2.19. The molecule has 124 valence electrons. The van der Waals surface area contributed by atoms with Crippen molar-refractivity contribution in [2.24, 2.45) is 11.7 Å². The normalized spacial score (nSPS) is 12.7. The van der Waals surface area contributed by atoms with Crippen LogP contribution in [0.5, 0.6) is 0 Å². The predicted octanol–water partition coefficient (Wildman–Crippen LogP) is 4.69. The van der Waals surface area contributed by atoms with Crippen LogP contribution < -0.4 is 11.2 Å². The Labute approximate surface area is 146 Å². The largest absolute Gasteiger partial charge is 0.459 e. The van der Waals surface area contributed by atoms with Gasteiger partial charge in [0.2, 0.25) is 0 Å². The smallest absolute Gasteiger partial charge is 0.196 e. The molecule has 1 aromatic heterocycles. The summed E-state index contributed by atoms with van der Waals surface area (Å²) in [5.74, 6) is 0.702. The molecule has 1 heterocycles. The van der Waals surface area contributed by atoms with E-state index < -0.39 is 0 Å². The standard InChI is InChI=1S/C20H20ClNO2/c1-12(2)18(22)20-16(10-13-6-4-3-5-7-13)19(23)15-9-8-14(21)11-17(15)24-20/h3-9,11-12,18H,10,22H2,1-2H3. The number of benzene rings is 2. The van der Waals surface area contributed by atoms with Gasteiger partial charge in [0.05, 0.1) is 11.4 Å². The lowest BCUT2D eigenvalue weighted by atomic mass is 9.94. The lowest BCUT2D eigenvalue weighted by Crippen LogP contribution is -2.23. The highest BCUT2D eigenvalue weighted by Crippen LogP contribution is 2.27. The second kappa shape index (κ2) is 6.80. The molecule has 0 radical (unpaired) electrons. The molecule has 0 bridgehead atoms. The summed E-state index contributed by atoms with van der Waals surface area (Å²) < 4.78 is 6.04. The summed E-state index contributed by atoms with van der Waals surface area (Å²) in [6, 6.07) is 14.6. The minimum atomic E-state index is -0.347. The van der Waals surface area contributed by atoms with Crippen molar-refractivity contribution in [3.63, 3.8) is 0 Å². The second-order valence-corrected chi connectivity index (χ2v) is 6.78. The Kier molecular flexibility index (Phi) is 4.74. The predicted molar refractivity (Wildman–Crippen MR) is 98.5 cm³/mol. The highest BCUT2D eigenvalue weighted by molar-refractivity contribution is 6.31. The maximum atomic E-state index is 13.0. The molecule has 1 unspecified atom stereocenters. The summed E-state index contributed by atoms with van der Waals surface area (Å²) in [5.41, 5.74) is 8.44. The van der Waals surface area contributed by atoms with Gasteiger partial charge in [0.25, 0.3) is 0 Å². The minimum absolute atomic E-state index is 0.0390. The van der Waals surface area contributed by atoms with Crippen LogP contribution in [0.1, 0.15) is 36.8 Å². The highest BCUT2D eigenvalue weighted by Gasteiger charge is 2.22. The van der Waals surface area contributed by atoms with Crippen LogP contribution in [0.25, 0.3) is 11.0 Å². The third-order valence-corrected chi connectivity index (χ3v) is 4.46. The zero-order valence-electron chi connectivity index (χ0n) is 13.8. The van der Waals surface area contributed by atoms with Crippen molar-refractivity contribution < 1.29 is 4.42 Å². The molecule has 3 aromatic rings. The molecule has 2 N–H and O–H groups in total. The second-order valence-electron chi connectivity index (χ2n) is 6.35. The fraction of sp³-hybridized carbons (Fsp3) is 0.250. The van der Waals surface area contributed by atoms with Gasteiger partial charge in [0, 0.05) is 23.1 Å². The van der Waals surface area contributed by atoms with Gasteiger partial charge in [-0.05, 0) is 23.6 Å². The van der Waals surface area contributed by atoms with E-state index in [1.165, 1.54) is 0 Å². The quantitative estimate of drug-likeness (QED) is 0.748. The van der Waals surface area contributed by atoms with Crippen LogP contribution >= 0.6 is 11.6 Å². The van der Waals surface area contributed by atoms with E-state index in [1.54, 1.807) is 18.2 Å². The molecule has 0 saturated heterocycles. The van der Waals surface area contributed by atoms with E-state index >= 15 is 0 Å². The molecule has 3 nitrogen and oxygen atoms in total. The van der Waals surface area contributed by atoms with Crippen LogP contribution in [0.4, 0.5) is 0 Å². The Morgan fingerprint density at radius 3 is 2.50 bits per heavy atom. The van der Waals surface area contributed by atoms with E-state index in [9.17, 15) is 4.79 Å². The van der Waals surface area contributed by atoms with E-state index in [-0.39, 0.29) is 17.4 Å². The molecule has 0 amide bonds. The average Bonchev–Trinajstić information content (AvgIpc) is 2.57. The number of rotatable bonds is 4. The first-order valence-electron chi connectivity index (χ1n) is 8.02. The first-order valence-corrected chi connectivity index (χ1v) is 8.40. The Morgan fingerprint density at radius 1 is 1.12 bits per heavy atom. The van der Waals surface area contributed by atoms with E-state index in [0.29, 0.717) is 33.7 Å². The third-order valence-electron chi connectivity index (χ3n) is 4.22. The molecular formula is C20H20ClNO2. The molecule has 0 aliphatic heterocycles. The van der Waals surface area contributed by atoms with E-state index in [2.05, 4.69) is 0 Å². The number of hydrogen-bond acceptors (Lipinski definition) is 3. The zero-order chi connectivity index (χ0) is 17.3. The molecular weight excluding hydrogens is 322 g/mol. The van der Waals surface area contributed by atoms with Crippen molar-refractivity contribution in [2.75, 3.05) is 0 Å². The number of halogens is 1. The summed E-state index contributed by atoms with van der Waals surface area (Å²) in [4.78, 5) is 13.0. The number of nitrogens with two attached hydrogens (primary N) is 1. The molecule has 0 aliphatic rings. The van der Waals surface area contributed by atoms with Crippen molar-refractivity contribution in [3.8, 4) is 0 Å². The number of fused-ring (bicyclic) bond motifs is 1. The van der Waals surface area contributed by atoms with Crippen molar-refractivity contribution in [3.05, 3.63) is 80.7 Å². The Hall–Kier alpha value is -2.10. The van der Waals surface area contributed by atoms with E-state index in [1.807, 2.05) is 44.2 Å². The van der Waals surface area contributed by atoms with Crippen molar-refractivity contribution in [1.29, 1.82) is 0 Å². The van der Waals surface area contributed by atoms with Crippen LogP contribution in [0.15, 0.2) is 57.7 Å². The van der Waals surface area contributed by atoms with Crippen LogP contribution in [0.2, 0.25) is 5.02 Å². The first kappa shape index (κ1) is 16.7. The SMILES string of the molecule is CC(C)C(N)c1oc2cc(Cl)ccc2c(=O)c1Cc1ccccc1. The van der Waals surface area contributed by atoms with Crippen LogP contribution in [0, 0.1) is 5.92 Å². The fourth-order valence-electron chi connectivity index (χ4n) is 2.76. The molecule has 0 spiro atoms. The van der Waals surface area contributed by atoms with E-state index in [0.717, 1.165) is 5.56 Å². The van der Waals surface area contributed by atoms with Gasteiger partial charge in [-0.15, -0.1) is 0 Å². The summed E-state index contributed by atoms with van der Waals surface area (Å²) in [6.45, 7) is 4.03. The summed E-state index contributed by atoms with van der Waals surface area (Å²) in [6.07, 6.45) is 0.498. The molecule has 1 atom stereocenters. The topological polar surface area (TPSA) is 56.2 Å². The molecule has 3 rings (SSSR count). The summed E-state index contributed by atoms with van der Waals surface area (Å²) in [5, 5.41) is 1.07. The van der Waals surface area contributed by atoms with Gasteiger partial charge in [0.15, 0.2) is 5.43 Å². The monoisotopic (exact) mass is 341 g/mol. The Morgan fingerprint density at radius 2 is 1.83 bits per heavy atom. The molecule has 4 heteroatoms. The molecule has 0 fully saturated rings. The van der Waals surface area contributed by atoms with Crippen molar-refractivity contribution in [2.45, 2.75) is 26.3 Å². The highest BCUT2D eigenvalue weighted by atomic mass is 35.5. The van der Waals surface area contributed by atoms with Gasteiger partial charge in [-0.3, -0.25) is 4.79 Å². The van der Waals surface area contributed by atoms with Gasteiger partial charge in [-0.2, -0.15) is 0 Å². The maximum Gasteiger partial charge on any atom is 0.196 e. The number of hydrogen-bond donors (Lipinski definition) is 1.